The number of carbonyl (C=O) groups is 1. The second kappa shape index (κ2) is 5.76. The molecule has 24 heavy (non-hydrogen) atoms. The molecule has 1 saturated heterocycles. The van der Waals surface area contributed by atoms with Crippen molar-refractivity contribution >= 4 is 11.6 Å². The van der Waals surface area contributed by atoms with E-state index >= 15 is 0 Å². The molecule has 2 unspecified atom stereocenters. The summed E-state index contributed by atoms with van der Waals surface area (Å²) in [5.41, 5.74) is 3.50. The minimum absolute atomic E-state index is 0.00959. The van der Waals surface area contributed by atoms with Crippen LogP contribution in [0.4, 0.5) is 0 Å². The monoisotopic (exact) mass is 322 g/mol. The average molecular weight is 322 g/mol. The van der Waals surface area contributed by atoms with Crippen LogP contribution in [0.2, 0.25) is 0 Å². The van der Waals surface area contributed by atoms with E-state index in [-0.39, 0.29) is 23.8 Å². The number of hydrazone groups is 1. The lowest BCUT2D eigenvalue weighted by atomic mass is 9.97. The Balaban J connectivity index is 1.65. The van der Waals surface area contributed by atoms with Gasteiger partial charge in [-0.3, -0.25) is 4.79 Å². The molecule has 0 spiro atoms. The number of aromatic hydroxyl groups is 1. The average Bonchev–Trinajstić information content (AvgIpc) is 3.32. The number of ether oxygens (including phenoxy) is 1. The lowest BCUT2D eigenvalue weighted by Gasteiger charge is -2.20. The first-order valence-corrected chi connectivity index (χ1v) is 8.00. The zero-order valence-electron chi connectivity index (χ0n) is 13.3. The molecule has 1 N–H and O–H groups in total. The zero-order valence-corrected chi connectivity index (χ0v) is 13.3. The van der Waals surface area contributed by atoms with Crippen LogP contribution < -0.4 is 0 Å². The SMILES string of the molecule is CC(=O)N1N=C(c2ccc(C3CO3)c(O)c2)CC1c1ccccc1. The van der Waals surface area contributed by atoms with Gasteiger partial charge in [0, 0.05) is 24.5 Å². The fourth-order valence-electron chi connectivity index (χ4n) is 3.13. The Kier molecular flexibility index (Phi) is 3.58. The van der Waals surface area contributed by atoms with Gasteiger partial charge in [-0.05, 0) is 11.6 Å². The Hall–Kier alpha value is -2.66. The van der Waals surface area contributed by atoms with Crippen LogP contribution in [0.15, 0.2) is 53.6 Å². The summed E-state index contributed by atoms with van der Waals surface area (Å²) >= 11 is 0. The van der Waals surface area contributed by atoms with E-state index in [0.29, 0.717) is 13.0 Å². The van der Waals surface area contributed by atoms with Gasteiger partial charge in [-0.2, -0.15) is 5.10 Å². The molecule has 122 valence electrons. The lowest BCUT2D eigenvalue weighted by molar-refractivity contribution is -0.130. The van der Waals surface area contributed by atoms with Crippen LogP contribution in [0.5, 0.6) is 5.75 Å². The molecule has 0 aliphatic carbocycles. The van der Waals surface area contributed by atoms with Gasteiger partial charge in [0.1, 0.15) is 11.9 Å². The Morgan fingerprint density at radius 3 is 2.62 bits per heavy atom. The molecular weight excluding hydrogens is 304 g/mol. The summed E-state index contributed by atoms with van der Waals surface area (Å²) in [5.74, 6) is 0.126. The van der Waals surface area contributed by atoms with Crippen molar-refractivity contribution in [3.63, 3.8) is 0 Å². The van der Waals surface area contributed by atoms with Gasteiger partial charge in [0.25, 0.3) is 0 Å². The maximum atomic E-state index is 12.0. The normalized spacial score (nSPS) is 22.4. The maximum absolute atomic E-state index is 12.0. The number of rotatable bonds is 3. The Morgan fingerprint density at radius 1 is 1.25 bits per heavy atom. The third-order valence-electron chi connectivity index (χ3n) is 4.46. The van der Waals surface area contributed by atoms with E-state index in [2.05, 4.69) is 5.10 Å². The summed E-state index contributed by atoms with van der Waals surface area (Å²) in [4.78, 5) is 12.0. The van der Waals surface area contributed by atoms with Gasteiger partial charge in [0.15, 0.2) is 0 Å². The lowest BCUT2D eigenvalue weighted by Crippen LogP contribution is -2.24. The van der Waals surface area contributed by atoms with Crippen LogP contribution in [-0.4, -0.2) is 28.3 Å². The molecule has 0 bridgehead atoms. The highest BCUT2D eigenvalue weighted by Gasteiger charge is 2.32. The van der Waals surface area contributed by atoms with E-state index in [9.17, 15) is 9.90 Å². The Labute approximate surface area is 140 Å². The fraction of sp³-hybridized carbons (Fsp3) is 0.263. The number of nitrogens with zero attached hydrogens (tertiary/aromatic N) is 2. The van der Waals surface area contributed by atoms with Crippen molar-refractivity contribution in [3.05, 3.63) is 65.2 Å². The highest BCUT2D eigenvalue weighted by atomic mass is 16.6. The van der Waals surface area contributed by atoms with E-state index < -0.39 is 0 Å². The number of carbonyl (C=O) groups excluding carboxylic acids is 1. The van der Waals surface area contributed by atoms with Gasteiger partial charge in [0.05, 0.1) is 18.4 Å². The third kappa shape index (κ3) is 2.67. The summed E-state index contributed by atoms with van der Waals surface area (Å²) in [6.07, 6.45) is 0.637. The number of hydrogen-bond donors (Lipinski definition) is 1. The third-order valence-corrected chi connectivity index (χ3v) is 4.46. The molecule has 2 aliphatic rings. The summed E-state index contributed by atoms with van der Waals surface area (Å²) < 4.78 is 5.22. The van der Waals surface area contributed by atoms with Gasteiger partial charge in [-0.25, -0.2) is 5.01 Å². The smallest absolute Gasteiger partial charge is 0.240 e. The molecule has 1 fully saturated rings. The number of phenols is 1. The van der Waals surface area contributed by atoms with Gasteiger partial charge < -0.3 is 9.84 Å². The van der Waals surface area contributed by atoms with Crippen molar-refractivity contribution in [1.82, 2.24) is 5.01 Å². The minimum Gasteiger partial charge on any atom is -0.508 e. The quantitative estimate of drug-likeness (QED) is 0.883. The molecule has 1 amide bonds. The molecule has 2 heterocycles. The molecular formula is C19H18N2O3. The van der Waals surface area contributed by atoms with Crippen molar-refractivity contribution < 1.29 is 14.6 Å². The first kappa shape index (κ1) is 14.9. The zero-order chi connectivity index (χ0) is 16.7. The Morgan fingerprint density at radius 2 is 2.00 bits per heavy atom. The molecule has 0 aromatic heterocycles. The number of epoxide rings is 1. The molecule has 0 radical (unpaired) electrons. The van der Waals surface area contributed by atoms with Crippen LogP contribution in [0.25, 0.3) is 0 Å². The van der Waals surface area contributed by atoms with Crippen molar-refractivity contribution in [1.29, 1.82) is 0 Å². The minimum atomic E-state index is -0.104. The molecule has 5 nitrogen and oxygen atoms in total. The molecule has 2 aromatic carbocycles. The molecule has 4 rings (SSSR count). The summed E-state index contributed by atoms with van der Waals surface area (Å²) in [6, 6.07) is 15.3. The van der Waals surface area contributed by atoms with E-state index in [4.69, 9.17) is 4.74 Å². The molecule has 0 saturated carbocycles. The maximum Gasteiger partial charge on any atom is 0.240 e. The van der Waals surface area contributed by atoms with Crippen molar-refractivity contribution in [2.45, 2.75) is 25.5 Å². The van der Waals surface area contributed by atoms with E-state index in [1.807, 2.05) is 42.5 Å². The summed E-state index contributed by atoms with van der Waals surface area (Å²) in [7, 11) is 0. The van der Waals surface area contributed by atoms with Gasteiger partial charge >= 0.3 is 0 Å². The van der Waals surface area contributed by atoms with Crippen LogP contribution in [0.1, 0.15) is 42.2 Å². The van der Waals surface area contributed by atoms with Crippen molar-refractivity contribution in [3.8, 4) is 5.75 Å². The molecule has 5 heteroatoms. The molecule has 2 atom stereocenters. The van der Waals surface area contributed by atoms with Crippen molar-refractivity contribution in [2.24, 2.45) is 5.10 Å². The predicted octanol–water partition coefficient (Wildman–Crippen LogP) is 3.16. The van der Waals surface area contributed by atoms with Crippen LogP contribution in [-0.2, 0) is 9.53 Å². The predicted molar refractivity (Wildman–Crippen MR) is 89.7 cm³/mol. The van der Waals surface area contributed by atoms with Gasteiger partial charge in [-0.1, -0.05) is 42.5 Å². The topological polar surface area (TPSA) is 65.4 Å². The van der Waals surface area contributed by atoms with E-state index in [1.54, 1.807) is 6.07 Å². The van der Waals surface area contributed by atoms with Crippen LogP contribution >= 0.6 is 0 Å². The summed E-state index contributed by atoms with van der Waals surface area (Å²) in [5, 5.41) is 16.2. The van der Waals surface area contributed by atoms with Crippen molar-refractivity contribution in [2.75, 3.05) is 6.61 Å². The van der Waals surface area contributed by atoms with E-state index in [1.165, 1.54) is 11.9 Å². The van der Waals surface area contributed by atoms with Crippen LogP contribution in [0, 0.1) is 0 Å². The summed E-state index contributed by atoms with van der Waals surface area (Å²) in [6.45, 7) is 2.18. The van der Waals surface area contributed by atoms with Gasteiger partial charge in [-0.15, -0.1) is 0 Å². The first-order valence-electron chi connectivity index (χ1n) is 8.00. The Bertz CT molecular complexity index is 813. The number of benzene rings is 2. The number of phenolic OH excluding ortho intramolecular Hbond substituents is 1. The largest absolute Gasteiger partial charge is 0.508 e. The van der Waals surface area contributed by atoms with Crippen LogP contribution in [0.3, 0.4) is 0 Å². The fourth-order valence-corrected chi connectivity index (χ4v) is 3.13. The van der Waals surface area contributed by atoms with E-state index in [0.717, 1.165) is 22.4 Å². The molecule has 2 aromatic rings. The highest BCUT2D eigenvalue weighted by Crippen LogP contribution is 2.38. The molecule has 2 aliphatic heterocycles. The second-order valence-corrected chi connectivity index (χ2v) is 6.14. The highest BCUT2D eigenvalue weighted by molar-refractivity contribution is 6.03. The van der Waals surface area contributed by atoms with Gasteiger partial charge in [0.2, 0.25) is 5.91 Å². The first-order chi connectivity index (χ1) is 11.6. The number of amides is 1. The number of hydrogen-bond acceptors (Lipinski definition) is 4. The second-order valence-electron chi connectivity index (χ2n) is 6.14. The standard InChI is InChI=1S/C19H18N2O3/c1-12(22)21-17(13-5-3-2-4-6-13)10-16(20-21)14-7-8-15(18(23)9-14)19-11-24-19/h2-9,17,19,23H,10-11H2,1H3.